The molecule has 1 aliphatic rings. The van der Waals surface area contributed by atoms with Gasteiger partial charge in [-0.05, 0) is 61.0 Å². The van der Waals surface area contributed by atoms with Crippen molar-refractivity contribution in [1.82, 2.24) is 19.2 Å². The Morgan fingerprint density at radius 2 is 1.78 bits per heavy atom. The van der Waals surface area contributed by atoms with Gasteiger partial charge in [-0.15, -0.1) is 0 Å². The Morgan fingerprint density at radius 3 is 2.57 bits per heavy atom. The molecular formula is C29H23ClFN5O. The van der Waals surface area contributed by atoms with Gasteiger partial charge in [0.25, 0.3) is 0 Å². The molecule has 5 aromatic rings. The number of carbonyl (C=O) groups excluding carboxylic acids is 1. The van der Waals surface area contributed by atoms with Crippen LogP contribution in [0.1, 0.15) is 28.6 Å². The van der Waals surface area contributed by atoms with Crippen LogP contribution in [0, 0.1) is 12.7 Å². The van der Waals surface area contributed by atoms with E-state index in [0.29, 0.717) is 5.02 Å². The number of urea groups is 1. The molecule has 1 atom stereocenters. The van der Waals surface area contributed by atoms with Crippen molar-refractivity contribution in [3.63, 3.8) is 0 Å². The highest BCUT2D eigenvalue weighted by Crippen LogP contribution is 2.39. The molecule has 6 nitrogen and oxygen atoms in total. The van der Waals surface area contributed by atoms with Gasteiger partial charge in [-0.25, -0.2) is 13.9 Å². The Kier molecular flexibility index (Phi) is 5.77. The number of hydrogen-bond acceptors (Lipinski definition) is 2. The second kappa shape index (κ2) is 9.26. The molecule has 0 bridgehead atoms. The minimum absolute atomic E-state index is 0.119. The summed E-state index contributed by atoms with van der Waals surface area (Å²) in [6, 6.07) is 26.5. The van der Waals surface area contributed by atoms with Crippen LogP contribution in [0.2, 0.25) is 5.02 Å². The number of halogens is 2. The van der Waals surface area contributed by atoms with Crippen LogP contribution in [0.5, 0.6) is 0 Å². The maximum Gasteiger partial charge on any atom is 0.323 e. The molecule has 3 heterocycles. The Labute approximate surface area is 218 Å². The van der Waals surface area contributed by atoms with Gasteiger partial charge >= 0.3 is 6.03 Å². The summed E-state index contributed by atoms with van der Waals surface area (Å²) in [5.41, 5.74) is 4.44. The van der Waals surface area contributed by atoms with Gasteiger partial charge < -0.3 is 14.8 Å². The minimum Gasteiger partial charge on any atom is -0.307 e. The van der Waals surface area contributed by atoms with Crippen molar-refractivity contribution in [3.8, 4) is 11.5 Å². The molecule has 6 rings (SSSR count). The van der Waals surface area contributed by atoms with E-state index in [-0.39, 0.29) is 12.2 Å². The zero-order chi connectivity index (χ0) is 25.5. The smallest absolute Gasteiger partial charge is 0.307 e. The average molecular weight is 512 g/mol. The lowest BCUT2D eigenvalue weighted by molar-refractivity contribution is 0.194. The van der Waals surface area contributed by atoms with Crippen molar-refractivity contribution in [2.75, 3.05) is 5.32 Å². The second-order valence-electron chi connectivity index (χ2n) is 8.93. The molecule has 0 saturated carbocycles. The molecule has 2 amide bonds. The summed E-state index contributed by atoms with van der Waals surface area (Å²) < 4.78 is 18.5. The molecule has 0 radical (unpaired) electrons. The molecule has 2 aromatic heterocycles. The summed E-state index contributed by atoms with van der Waals surface area (Å²) in [6.07, 6.45) is 1.98. The van der Waals surface area contributed by atoms with E-state index in [1.807, 2.05) is 78.5 Å². The van der Waals surface area contributed by atoms with E-state index in [1.54, 1.807) is 29.2 Å². The first-order valence-electron chi connectivity index (χ1n) is 11.9. The number of anilines is 1. The zero-order valence-corrected chi connectivity index (χ0v) is 20.7. The van der Waals surface area contributed by atoms with E-state index in [4.69, 9.17) is 16.7 Å². The topological polar surface area (TPSA) is 55.1 Å². The highest BCUT2D eigenvalue weighted by molar-refractivity contribution is 6.30. The van der Waals surface area contributed by atoms with Crippen molar-refractivity contribution in [2.24, 2.45) is 0 Å². The maximum absolute atomic E-state index is 14.5. The van der Waals surface area contributed by atoms with Crippen molar-refractivity contribution >= 4 is 23.3 Å². The van der Waals surface area contributed by atoms with Gasteiger partial charge in [-0.2, -0.15) is 5.10 Å². The van der Waals surface area contributed by atoms with Crippen molar-refractivity contribution in [2.45, 2.75) is 19.5 Å². The Hall–Kier alpha value is -4.36. The summed E-state index contributed by atoms with van der Waals surface area (Å²) in [5, 5.41) is 8.19. The summed E-state index contributed by atoms with van der Waals surface area (Å²) in [6.45, 7) is 2.20. The highest BCUT2D eigenvalue weighted by Gasteiger charge is 2.36. The highest BCUT2D eigenvalue weighted by atomic mass is 35.5. The largest absolute Gasteiger partial charge is 0.323 e. The van der Waals surface area contributed by atoms with Crippen LogP contribution in [0.15, 0.2) is 97.2 Å². The number of rotatable bonds is 3. The fourth-order valence-electron chi connectivity index (χ4n) is 4.93. The van der Waals surface area contributed by atoms with E-state index < -0.39 is 17.9 Å². The number of carbonyl (C=O) groups is 1. The Bertz CT molecular complexity index is 1610. The molecule has 0 saturated heterocycles. The van der Waals surface area contributed by atoms with Gasteiger partial charge in [0.2, 0.25) is 0 Å². The molecular weight excluding hydrogens is 489 g/mol. The van der Waals surface area contributed by atoms with E-state index in [1.165, 1.54) is 6.07 Å². The number of nitrogens with one attached hydrogen (secondary N) is 1. The number of aryl methyl sites for hydroxylation is 1. The third kappa shape index (κ3) is 4.07. The number of nitrogens with zero attached hydrogens (tertiary/aromatic N) is 4. The lowest BCUT2D eigenvalue weighted by Crippen LogP contribution is -2.38. The normalized spacial score (nSPS) is 14.6. The number of benzene rings is 3. The molecule has 0 spiro atoms. The summed E-state index contributed by atoms with van der Waals surface area (Å²) in [7, 11) is 0. The number of fused-ring (bicyclic) bond motifs is 3. The first-order valence-corrected chi connectivity index (χ1v) is 12.3. The van der Waals surface area contributed by atoms with Crippen molar-refractivity contribution in [3.05, 3.63) is 131 Å². The van der Waals surface area contributed by atoms with Crippen molar-refractivity contribution < 1.29 is 9.18 Å². The predicted molar refractivity (Wildman–Crippen MR) is 142 cm³/mol. The first-order chi connectivity index (χ1) is 18.0. The predicted octanol–water partition coefficient (Wildman–Crippen LogP) is 6.90. The molecule has 37 heavy (non-hydrogen) atoms. The number of aromatic nitrogens is 3. The summed E-state index contributed by atoms with van der Waals surface area (Å²) in [5.74, 6) is 0.360. The molecule has 184 valence electrons. The number of para-hydroxylation sites is 2. The number of amides is 2. The molecule has 1 aliphatic heterocycles. The van der Waals surface area contributed by atoms with Crippen LogP contribution in [0.25, 0.3) is 11.5 Å². The van der Waals surface area contributed by atoms with Crippen LogP contribution >= 0.6 is 11.6 Å². The van der Waals surface area contributed by atoms with Gasteiger partial charge in [0.05, 0.1) is 35.3 Å². The minimum atomic E-state index is -0.498. The van der Waals surface area contributed by atoms with E-state index >= 15 is 0 Å². The second-order valence-corrected chi connectivity index (χ2v) is 9.37. The number of hydrogen-bond donors (Lipinski definition) is 1. The van der Waals surface area contributed by atoms with Crippen LogP contribution < -0.4 is 5.32 Å². The third-order valence-corrected chi connectivity index (χ3v) is 6.86. The Balaban J connectivity index is 1.55. The Morgan fingerprint density at radius 1 is 1.00 bits per heavy atom. The van der Waals surface area contributed by atoms with E-state index in [2.05, 4.69) is 9.88 Å². The summed E-state index contributed by atoms with van der Waals surface area (Å²) >= 11 is 6.39. The molecule has 0 fully saturated rings. The van der Waals surface area contributed by atoms with Crippen LogP contribution in [0.3, 0.4) is 0 Å². The maximum atomic E-state index is 14.5. The molecule has 0 unspecified atom stereocenters. The van der Waals surface area contributed by atoms with E-state index in [0.717, 1.165) is 34.0 Å². The fraction of sp³-hybridized carbons (Fsp3) is 0.103. The molecule has 8 heteroatoms. The molecule has 1 N–H and O–H groups in total. The van der Waals surface area contributed by atoms with Crippen LogP contribution in [-0.2, 0) is 6.54 Å². The monoisotopic (exact) mass is 511 g/mol. The fourth-order valence-corrected chi connectivity index (χ4v) is 5.13. The van der Waals surface area contributed by atoms with Gasteiger partial charge in [0.15, 0.2) is 0 Å². The third-order valence-electron chi connectivity index (χ3n) is 6.63. The van der Waals surface area contributed by atoms with Gasteiger partial charge in [-0.1, -0.05) is 54.1 Å². The lowest BCUT2D eigenvalue weighted by atomic mass is 10.0. The van der Waals surface area contributed by atoms with Gasteiger partial charge in [0, 0.05) is 16.8 Å². The standard InChI is InChI=1S/C29H23ClFN5O/c1-19-23-18-35(29(37)32-25-14-6-5-13-24(25)31)27(20-9-7-10-21(30)17-20)26-15-8-16-34(26)28(23)36(33-19)22-11-3-2-4-12-22/h2-17,27H,18H2,1H3,(H,32,37)/t27-/m1/s1. The van der Waals surface area contributed by atoms with Gasteiger partial charge in [-0.3, -0.25) is 0 Å². The quantitative estimate of drug-likeness (QED) is 0.286. The molecule has 3 aromatic carbocycles. The summed E-state index contributed by atoms with van der Waals surface area (Å²) in [4.78, 5) is 15.6. The van der Waals surface area contributed by atoms with Crippen LogP contribution in [-0.4, -0.2) is 25.3 Å². The van der Waals surface area contributed by atoms with E-state index in [9.17, 15) is 9.18 Å². The zero-order valence-electron chi connectivity index (χ0n) is 20.0. The van der Waals surface area contributed by atoms with Gasteiger partial charge in [0.1, 0.15) is 11.6 Å². The van der Waals surface area contributed by atoms with Crippen molar-refractivity contribution in [1.29, 1.82) is 0 Å². The first kappa shape index (κ1) is 23.1. The molecule has 0 aliphatic carbocycles. The average Bonchev–Trinajstić information content (AvgIpc) is 3.46. The SMILES string of the molecule is Cc1nn(-c2ccccc2)c2c1CN(C(=O)Nc1ccccc1F)[C@H](c1cccc(Cl)c1)c1cccn1-2. The lowest BCUT2D eigenvalue weighted by Gasteiger charge is -2.31. The van der Waals surface area contributed by atoms with Crippen LogP contribution in [0.4, 0.5) is 14.9 Å².